The molecule has 2 rings (SSSR count). The zero-order valence-electron chi connectivity index (χ0n) is 9.73. The summed E-state index contributed by atoms with van der Waals surface area (Å²) in [7, 11) is 3.18. The molecule has 0 radical (unpaired) electrons. The molecule has 1 heterocycles. The second kappa shape index (κ2) is 4.41. The van der Waals surface area contributed by atoms with E-state index in [0.29, 0.717) is 5.92 Å². The van der Waals surface area contributed by atoms with E-state index in [9.17, 15) is 9.59 Å². The van der Waals surface area contributed by atoms with Gasteiger partial charge in [0.1, 0.15) is 6.04 Å². The number of carbonyl (C=O) groups excluding carboxylic acids is 2. The van der Waals surface area contributed by atoms with Gasteiger partial charge in [0.15, 0.2) is 0 Å². The molecule has 2 aliphatic rings. The first-order valence-corrected chi connectivity index (χ1v) is 5.72. The first-order chi connectivity index (χ1) is 7.63. The number of hydrogen-bond donors (Lipinski definition) is 1. The standard InChI is InChI=1S/C11H18N2O3/c1-13-6-5-8(10(13)14)12-9(7-3-4-7)11(15)16-2/h7-9,12H,3-6H2,1-2H3. The number of amides is 1. The Labute approximate surface area is 95.1 Å². The molecule has 16 heavy (non-hydrogen) atoms. The Bertz CT molecular complexity index is 302. The molecular formula is C11H18N2O3. The Morgan fingerprint density at radius 3 is 2.62 bits per heavy atom. The molecule has 1 saturated heterocycles. The van der Waals surface area contributed by atoms with Crippen LogP contribution in [0, 0.1) is 5.92 Å². The summed E-state index contributed by atoms with van der Waals surface area (Å²) in [6.45, 7) is 0.759. The van der Waals surface area contributed by atoms with Crippen LogP contribution in [0.4, 0.5) is 0 Å². The fourth-order valence-corrected chi connectivity index (χ4v) is 2.15. The highest BCUT2D eigenvalue weighted by Gasteiger charge is 2.41. The third kappa shape index (κ3) is 2.19. The maximum atomic E-state index is 11.7. The van der Waals surface area contributed by atoms with Crippen molar-refractivity contribution in [2.24, 2.45) is 5.92 Å². The third-order valence-electron chi connectivity index (χ3n) is 3.36. The largest absolute Gasteiger partial charge is 0.468 e. The molecule has 1 aliphatic heterocycles. The minimum absolute atomic E-state index is 0.0783. The number of carbonyl (C=O) groups is 2. The van der Waals surface area contributed by atoms with Gasteiger partial charge in [-0.05, 0) is 25.2 Å². The number of esters is 1. The van der Waals surface area contributed by atoms with Crippen molar-refractivity contribution in [3.63, 3.8) is 0 Å². The molecule has 0 bridgehead atoms. The van der Waals surface area contributed by atoms with Crippen LogP contribution in [0.1, 0.15) is 19.3 Å². The van der Waals surface area contributed by atoms with E-state index >= 15 is 0 Å². The summed E-state index contributed by atoms with van der Waals surface area (Å²) in [6.07, 6.45) is 2.86. The highest BCUT2D eigenvalue weighted by Crippen LogP contribution is 2.33. The Kier molecular flexibility index (Phi) is 3.14. The lowest BCUT2D eigenvalue weighted by Gasteiger charge is -2.19. The smallest absolute Gasteiger partial charge is 0.323 e. The molecule has 2 unspecified atom stereocenters. The van der Waals surface area contributed by atoms with E-state index in [0.717, 1.165) is 25.8 Å². The van der Waals surface area contributed by atoms with Gasteiger partial charge in [-0.1, -0.05) is 0 Å². The SMILES string of the molecule is COC(=O)C(NC1CCN(C)C1=O)C1CC1. The van der Waals surface area contributed by atoms with Gasteiger partial charge in [-0.3, -0.25) is 14.9 Å². The van der Waals surface area contributed by atoms with Crippen molar-refractivity contribution in [3.8, 4) is 0 Å². The maximum absolute atomic E-state index is 11.7. The van der Waals surface area contributed by atoms with Crippen molar-refractivity contribution in [2.75, 3.05) is 20.7 Å². The molecule has 1 N–H and O–H groups in total. The van der Waals surface area contributed by atoms with Crippen molar-refractivity contribution in [1.29, 1.82) is 0 Å². The number of nitrogens with one attached hydrogen (secondary N) is 1. The molecular weight excluding hydrogens is 208 g/mol. The van der Waals surface area contributed by atoms with Gasteiger partial charge in [-0.15, -0.1) is 0 Å². The van der Waals surface area contributed by atoms with Crippen LogP contribution in [-0.2, 0) is 14.3 Å². The quantitative estimate of drug-likeness (QED) is 0.672. The summed E-state index contributed by atoms with van der Waals surface area (Å²) in [6, 6.07) is -0.514. The van der Waals surface area contributed by atoms with Gasteiger partial charge >= 0.3 is 5.97 Å². The van der Waals surface area contributed by atoms with Gasteiger partial charge in [-0.25, -0.2) is 0 Å². The zero-order chi connectivity index (χ0) is 11.7. The van der Waals surface area contributed by atoms with E-state index in [-0.39, 0.29) is 24.0 Å². The van der Waals surface area contributed by atoms with Crippen LogP contribution in [0.15, 0.2) is 0 Å². The minimum atomic E-state index is -0.301. The van der Waals surface area contributed by atoms with Crippen molar-refractivity contribution in [1.82, 2.24) is 10.2 Å². The normalized spacial score (nSPS) is 27.0. The Hall–Kier alpha value is -1.10. The van der Waals surface area contributed by atoms with Gasteiger partial charge < -0.3 is 9.64 Å². The molecule has 0 aromatic rings. The summed E-state index contributed by atoms with van der Waals surface area (Å²) in [5, 5.41) is 3.14. The molecule has 5 heteroatoms. The van der Waals surface area contributed by atoms with E-state index < -0.39 is 0 Å². The second-order valence-corrected chi connectivity index (χ2v) is 4.61. The van der Waals surface area contributed by atoms with Crippen LogP contribution >= 0.6 is 0 Å². The Balaban J connectivity index is 1.95. The number of ether oxygens (including phenoxy) is 1. The average molecular weight is 226 g/mol. The van der Waals surface area contributed by atoms with Crippen molar-refractivity contribution in [2.45, 2.75) is 31.3 Å². The molecule has 0 spiro atoms. The van der Waals surface area contributed by atoms with Gasteiger partial charge in [0, 0.05) is 13.6 Å². The maximum Gasteiger partial charge on any atom is 0.323 e. The van der Waals surface area contributed by atoms with Crippen LogP contribution in [0.2, 0.25) is 0 Å². The topological polar surface area (TPSA) is 58.6 Å². The van der Waals surface area contributed by atoms with Crippen LogP contribution < -0.4 is 5.32 Å². The van der Waals surface area contributed by atoms with Gasteiger partial charge in [0.25, 0.3) is 0 Å². The lowest BCUT2D eigenvalue weighted by atomic mass is 10.1. The fourth-order valence-electron chi connectivity index (χ4n) is 2.15. The monoisotopic (exact) mass is 226 g/mol. The van der Waals surface area contributed by atoms with Crippen molar-refractivity contribution < 1.29 is 14.3 Å². The lowest BCUT2D eigenvalue weighted by Crippen LogP contribution is -2.48. The van der Waals surface area contributed by atoms with E-state index in [1.807, 2.05) is 0 Å². The number of likely N-dealkylation sites (tertiary alicyclic amines) is 1. The predicted octanol–water partition coefficient (Wildman–Crippen LogP) is -0.242. The minimum Gasteiger partial charge on any atom is -0.468 e. The molecule has 0 aromatic carbocycles. The lowest BCUT2D eigenvalue weighted by molar-refractivity contribution is -0.144. The third-order valence-corrected chi connectivity index (χ3v) is 3.36. The van der Waals surface area contributed by atoms with E-state index in [1.165, 1.54) is 7.11 Å². The Morgan fingerprint density at radius 1 is 1.50 bits per heavy atom. The first kappa shape index (κ1) is 11.4. The molecule has 1 aliphatic carbocycles. The van der Waals surface area contributed by atoms with Gasteiger partial charge in [-0.2, -0.15) is 0 Å². The molecule has 5 nitrogen and oxygen atoms in total. The molecule has 2 atom stereocenters. The van der Waals surface area contributed by atoms with Crippen molar-refractivity contribution >= 4 is 11.9 Å². The number of likely N-dealkylation sites (N-methyl/N-ethyl adjacent to an activating group) is 1. The molecule has 1 amide bonds. The molecule has 90 valence electrons. The molecule has 0 aromatic heterocycles. The summed E-state index contributed by atoms with van der Waals surface area (Å²) >= 11 is 0. The number of rotatable bonds is 4. The van der Waals surface area contributed by atoms with E-state index in [2.05, 4.69) is 5.32 Å². The highest BCUT2D eigenvalue weighted by atomic mass is 16.5. The van der Waals surface area contributed by atoms with Crippen LogP contribution in [-0.4, -0.2) is 49.6 Å². The first-order valence-electron chi connectivity index (χ1n) is 5.72. The summed E-state index contributed by atoms with van der Waals surface area (Å²) in [5.74, 6) is 0.186. The Morgan fingerprint density at radius 2 is 2.19 bits per heavy atom. The number of hydrogen-bond acceptors (Lipinski definition) is 4. The molecule has 1 saturated carbocycles. The number of methoxy groups -OCH3 is 1. The van der Waals surface area contributed by atoms with E-state index in [4.69, 9.17) is 4.74 Å². The summed E-state index contributed by atoms with van der Waals surface area (Å²) in [4.78, 5) is 25.0. The van der Waals surface area contributed by atoms with Crippen LogP contribution in [0.5, 0.6) is 0 Å². The predicted molar refractivity (Wildman–Crippen MR) is 57.7 cm³/mol. The fraction of sp³-hybridized carbons (Fsp3) is 0.818. The van der Waals surface area contributed by atoms with Gasteiger partial charge in [0.05, 0.1) is 13.2 Å². The van der Waals surface area contributed by atoms with E-state index in [1.54, 1.807) is 11.9 Å². The zero-order valence-corrected chi connectivity index (χ0v) is 9.73. The summed E-state index contributed by atoms with van der Waals surface area (Å²) in [5.41, 5.74) is 0. The van der Waals surface area contributed by atoms with Crippen LogP contribution in [0.3, 0.4) is 0 Å². The highest BCUT2D eigenvalue weighted by molar-refractivity contribution is 5.85. The second-order valence-electron chi connectivity index (χ2n) is 4.61. The summed E-state index contributed by atoms with van der Waals surface area (Å²) < 4.78 is 4.76. The van der Waals surface area contributed by atoms with Crippen LogP contribution in [0.25, 0.3) is 0 Å². The van der Waals surface area contributed by atoms with Gasteiger partial charge in [0.2, 0.25) is 5.91 Å². The average Bonchev–Trinajstić information content (AvgIpc) is 3.07. The number of nitrogens with zero attached hydrogens (tertiary/aromatic N) is 1. The molecule has 2 fully saturated rings. The van der Waals surface area contributed by atoms with Crippen molar-refractivity contribution in [3.05, 3.63) is 0 Å².